The van der Waals surface area contributed by atoms with Crippen LogP contribution in [0.2, 0.25) is 0 Å². The number of rotatable bonds is 4. The van der Waals surface area contributed by atoms with E-state index in [1.807, 2.05) is 0 Å². The SMILES string of the molecule is Cn1nnnc1NC(=O)c1nn(C)c(=O)n(Cc2c(F)cc(F)cc2F)c1=O. The summed E-state index contributed by atoms with van der Waals surface area (Å²) in [6, 6.07) is 0.813. The maximum atomic E-state index is 13.9. The largest absolute Gasteiger partial charge is 0.347 e. The number of tetrazole rings is 1. The summed E-state index contributed by atoms with van der Waals surface area (Å²) in [5.74, 6) is -4.90. The van der Waals surface area contributed by atoms with Crippen LogP contribution in [0.1, 0.15) is 16.1 Å². The van der Waals surface area contributed by atoms with E-state index in [1.165, 1.54) is 7.05 Å². The molecule has 0 fully saturated rings. The van der Waals surface area contributed by atoms with Gasteiger partial charge in [-0.05, 0) is 10.4 Å². The summed E-state index contributed by atoms with van der Waals surface area (Å²) in [4.78, 5) is 37.1. The lowest BCUT2D eigenvalue weighted by Gasteiger charge is -2.10. The summed E-state index contributed by atoms with van der Waals surface area (Å²) in [5.41, 5.74) is -3.72. The number of anilines is 1. The molecule has 0 radical (unpaired) electrons. The molecule has 2 heterocycles. The van der Waals surface area contributed by atoms with Crippen LogP contribution in [0.5, 0.6) is 0 Å². The molecule has 0 bridgehead atoms. The maximum absolute atomic E-state index is 13.9. The van der Waals surface area contributed by atoms with Crippen molar-refractivity contribution in [3.8, 4) is 0 Å². The number of benzene rings is 1. The van der Waals surface area contributed by atoms with Gasteiger partial charge in [-0.3, -0.25) is 19.5 Å². The Morgan fingerprint density at radius 3 is 2.32 bits per heavy atom. The minimum atomic E-state index is -1.29. The normalized spacial score (nSPS) is 10.9. The summed E-state index contributed by atoms with van der Waals surface area (Å²) < 4.78 is 43.0. The topological polar surface area (TPSA) is 130 Å². The smallest absolute Gasteiger partial charge is 0.288 e. The molecule has 11 nitrogen and oxygen atoms in total. The third kappa shape index (κ3) is 3.38. The highest BCUT2D eigenvalue weighted by molar-refractivity contribution is 6.01. The molecular formula is C14H11F3N8O3. The fourth-order valence-corrected chi connectivity index (χ4v) is 2.28. The van der Waals surface area contributed by atoms with Crippen molar-refractivity contribution in [3.63, 3.8) is 0 Å². The number of aryl methyl sites for hydroxylation is 2. The van der Waals surface area contributed by atoms with E-state index in [2.05, 4.69) is 25.9 Å². The highest BCUT2D eigenvalue weighted by Gasteiger charge is 2.22. The summed E-state index contributed by atoms with van der Waals surface area (Å²) in [6.45, 7) is -0.877. The number of aromatic nitrogens is 7. The molecule has 1 amide bonds. The Kier molecular flexibility index (Phi) is 4.77. The van der Waals surface area contributed by atoms with Gasteiger partial charge in [0.1, 0.15) is 17.5 Å². The van der Waals surface area contributed by atoms with Crippen molar-refractivity contribution in [1.82, 2.24) is 34.6 Å². The van der Waals surface area contributed by atoms with E-state index < -0.39 is 52.4 Å². The first-order chi connectivity index (χ1) is 13.2. The average Bonchev–Trinajstić information content (AvgIpc) is 3.01. The molecule has 0 aliphatic carbocycles. The lowest BCUT2D eigenvalue weighted by atomic mass is 10.2. The quantitative estimate of drug-likeness (QED) is 0.610. The fraction of sp³-hybridized carbons (Fsp3) is 0.214. The van der Waals surface area contributed by atoms with Crippen LogP contribution in [0.25, 0.3) is 0 Å². The van der Waals surface area contributed by atoms with Gasteiger partial charge in [0.15, 0.2) is 0 Å². The Morgan fingerprint density at radius 2 is 1.75 bits per heavy atom. The van der Waals surface area contributed by atoms with Gasteiger partial charge in [0.2, 0.25) is 11.6 Å². The molecule has 0 spiro atoms. The number of nitrogens with zero attached hydrogens (tertiary/aromatic N) is 7. The molecule has 0 saturated heterocycles. The predicted octanol–water partition coefficient (Wildman–Crippen LogP) is -0.817. The molecule has 3 aromatic rings. The van der Waals surface area contributed by atoms with Crippen LogP contribution in [-0.4, -0.2) is 40.5 Å². The number of halogens is 3. The number of amides is 1. The maximum Gasteiger partial charge on any atom is 0.347 e. The van der Waals surface area contributed by atoms with E-state index in [9.17, 15) is 27.6 Å². The lowest BCUT2D eigenvalue weighted by Crippen LogP contribution is -2.45. The van der Waals surface area contributed by atoms with Crippen LogP contribution in [0.3, 0.4) is 0 Å². The highest BCUT2D eigenvalue weighted by atomic mass is 19.1. The van der Waals surface area contributed by atoms with Crippen molar-refractivity contribution < 1.29 is 18.0 Å². The molecule has 0 saturated carbocycles. The number of hydrogen-bond donors (Lipinski definition) is 1. The Bertz CT molecular complexity index is 1180. The third-order valence-electron chi connectivity index (χ3n) is 3.69. The van der Waals surface area contributed by atoms with Crippen LogP contribution in [0, 0.1) is 17.5 Å². The molecule has 28 heavy (non-hydrogen) atoms. The van der Waals surface area contributed by atoms with E-state index >= 15 is 0 Å². The zero-order chi connectivity index (χ0) is 20.6. The monoisotopic (exact) mass is 396 g/mol. The van der Waals surface area contributed by atoms with Gasteiger partial charge in [-0.1, -0.05) is 5.10 Å². The Morgan fingerprint density at radius 1 is 1.11 bits per heavy atom. The molecule has 0 aliphatic rings. The predicted molar refractivity (Wildman–Crippen MR) is 85.9 cm³/mol. The van der Waals surface area contributed by atoms with Crippen molar-refractivity contribution in [2.45, 2.75) is 6.54 Å². The highest BCUT2D eigenvalue weighted by Crippen LogP contribution is 2.15. The molecule has 14 heteroatoms. The van der Waals surface area contributed by atoms with Gasteiger partial charge in [-0.25, -0.2) is 27.3 Å². The second kappa shape index (κ2) is 7.05. The minimum Gasteiger partial charge on any atom is -0.288 e. The van der Waals surface area contributed by atoms with Crippen LogP contribution in [0.15, 0.2) is 21.7 Å². The van der Waals surface area contributed by atoms with Gasteiger partial charge < -0.3 is 0 Å². The van der Waals surface area contributed by atoms with Crippen molar-refractivity contribution in [3.05, 3.63) is 61.7 Å². The molecule has 0 atom stereocenters. The van der Waals surface area contributed by atoms with E-state index in [0.29, 0.717) is 21.4 Å². The lowest BCUT2D eigenvalue weighted by molar-refractivity contribution is 0.101. The summed E-state index contributed by atoms with van der Waals surface area (Å²) in [5, 5.41) is 16.1. The minimum absolute atomic E-state index is 0.109. The van der Waals surface area contributed by atoms with Crippen LogP contribution >= 0.6 is 0 Å². The fourth-order valence-electron chi connectivity index (χ4n) is 2.28. The first kappa shape index (κ1) is 18.9. The first-order valence-electron chi connectivity index (χ1n) is 7.54. The number of hydrogen-bond acceptors (Lipinski definition) is 7. The Hall–Kier alpha value is -3.84. The van der Waals surface area contributed by atoms with Crippen LogP contribution in [-0.2, 0) is 20.6 Å². The van der Waals surface area contributed by atoms with Crippen molar-refractivity contribution in [1.29, 1.82) is 0 Å². The molecule has 1 aromatic carbocycles. The number of nitrogens with one attached hydrogen (secondary N) is 1. The van der Waals surface area contributed by atoms with Gasteiger partial charge in [0.05, 0.1) is 6.54 Å². The van der Waals surface area contributed by atoms with Crippen LogP contribution in [0.4, 0.5) is 19.1 Å². The molecule has 2 aromatic heterocycles. The second-order valence-electron chi connectivity index (χ2n) is 5.57. The van der Waals surface area contributed by atoms with Gasteiger partial charge >= 0.3 is 5.69 Å². The van der Waals surface area contributed by atoms with Crippen molar-refractivity contribution in [2.75, 3.05) is 5.32 Å². The first-order valence-corrected chi connectivity index (χ1v) is 7.54. The van der Waals surface area contributed by atoms with Gasteiger partial charge in [0, 0.05) is 31.8 Å². The molecule has 3 rings (SSSR count). The van der Waals surface area contributed by atoms with Gasteiger partial charge in [-0.15, -0.1) is 0 Å². The molecule has 0 aliphatic heterocycles. The Labute approximate surface area is 153 Å². The number of carbonyl (C=O) groups excluding carboxylic acids is 1. The van der Waals surface area contributed by atoms with Gasteiger partial charge in [-0.2, -0.15) is 5.10 Å². The molecular weight excluding hydrogens is 385 g/mol. The summed E-state index contributed by atoms with van der Waals surface area (Å²) in [6.07, 6.45) is 0. The zero-order valence-electron chi connectivity index (χ0n) is 14.4. The van der Waals surface area contributed by atoms with E-state index in [1.54, 1.807) is 0 Å². The van der Waals surface area contributed by atoms with Gasteiger partial charge in [0.25, 0.3) is 11.5 Å². The van der Waals surface area contributed by atoms with E-state index in [0.717, 1.165) is 11.7 Å². The summed E-state index contributed by atoms with van der Waals surface area (Å²) in [7, 11) is 2.55. The summed E-state index contributed by atoms with van der Waals surface area (Å²) >= 11 is 0. The van der Waals surface area contributed by atoms with Crippen molar-refractivity contribution >= 4 is 11.9 Å². The second-order valence-corrected chi connectivity index (χ2v) is 5.57. The molecule has 0 unspecified atom stereocenters. The third-order valence-corrected chi connectivity index (χ3v) is 3.69. The van der Waals surface area contributed by atoms with E-state index in [4.69, 9.17) is 0 Å². The Balaban J connectivity index is 2.06. The van der Waals surface area contributed by atoms with E-state index in [-0.39, 0.29) is 5.95 Å². The van der Waals surface area contributed by atoms with Crippen LogP contribution < -0.4 is 16.6 Å². The van der Waals surface area contributed by atoms with Crippen molar-refractivity contribution in [2.24, 2.45) is 14.1 Å². The molecule has 146 valence electrons. The average molecular weight is 396 g/mol. The zero-order valence-corrected chi connectivity index (χ0v) is 14.4. The number of carbonyl (C=O) groups is 1. The molecule has 1 N–H and O–H groups in total. The standard InChI is InChI=1S/C14H11F3N8O3/c1-23-13(19-21-22-23)18-11(26)10-12(27)25(14(28)24(2)20-10)5-7-8(16)3-6(15)4-9(7)17/h3-4H,5H2,1-2H3,(H,18,19,22,26).